The summed E-state index contributed by atoms with van der Waals surface area (Å²) in [7, 11) is 0. The van der Waals surface area contributed by atoms with Crippen LogP contribution in [0.4, 0.5) is 0 Å². The van der Waals surface area contributed by atoms with Crippen LogP contribution in [0.3, 0.4) is 0 Å². The molecule has 0 aliphatic carbocycles. The van der Waals surface area contributed by atoms with E-state index in [2.05, 4.69) is 74.5 Å². The van der Waals surface area contributed by atoms with Gasteiger partial charge in [-0.15, -0.1) is 0 Å². The molecule has 0 bridgehead atoms. The van der Waals surface area contributed by atoms with E-state index in [1.807, 2.05) is 0 Å². The minimum absolute atomic E-state index is 0.241. The van der Waals surface area contributed by atoms with Gasteiger partial charge in [0.05, 0.1) is 0 Å². The van der Waals surface area contributed by atoms with Gasteiger partial charge in [0.1, 0.15) is 0 Å². The Balaban J connectivity index is 1.95. The van der Waals surface area contributed by atoms with Crippen molar-refractivity contribution in [3.8, 4) is 18.3 Å². The van der Waals surface area contributed by atoms with Crippen molar-refractivity contribution in [2.45, 2.75) is 13.8 Å². The number of aryl methyl sites for hydroxylation is 2. The first-order valence-electron chi connectivity index (χ1n) is 6.46. The van der Waals surface area contributed by atoms with E-state index in [1.165, 1.54) is 22.3 Å². The van der Waals surface area contributed by atoms with Crippen molar-refractivity contribution in [3.63, 3.8) is 0 Å². The van der Waals surface area contributed by atoms with Crippen LogP contribution in [0, 0.1) is 13.8 Å². The summed E-state index contributed by atoms with van der Waals surface area (Å²) in [5.41, 5.74) is 5.45. The molecule has 0 unspecified atom stereocenters. The molecule has 2 aromatic carbocycles. The van der Waals surface area contributed by atoms with Gasteiger partial charge >= 0.3 is 124 Å². The molecular formula is C18H16Te. The Kier molecular flexibility index (Phi) is 3.60. The molecule has 1 heterocycles. The van der Waals surface area contributed by atoms with E-state index in [1.54, 1.807) is 7.16 Å². The van der Waals surface area contributed by atoms with Crippen molar-refractivity contribution in [1.29, 1.82) is 0 Å². The third-order valence-corrected chi connectivity index (χ3v) is 6.66. The van der Waals surface area contributed by atoms with Crippen LogP contribution in [0.25, 0.3) is 18.3 Å². The van der Waals surface area contributed by atoms with Gasteiger partial charge in [0, 0.05) is 0 Å². The second kappa shape index (κ2) is 5.37. The normalized spacial score (nSPS) is 10.6. The predicted molar refractivity (Wildman–Crippen MR) is 83.7 cm³/mol. The summed E-state index contributed by atoms with van der Waals surface area (Å²) in [4.78, 5) is 0. The predicted octanol–water partition coefficient (Wildman–Crippen LogP) is 4.69. The van der Waals surface area contributed by atoms with Crippen molar-refractivity contribution >= 4 is 20.4 Å². The summed E-state index contributed by atoms with van der Waals surface area (Å²) in [5, 5.41) is 0. The van der Waals surface area contributed by atoms with Gasteiger partial charge in [-0.2, -0.15) is 0 Å². The topological polar surface area (TPSA) is 0 Å². The molecular weight excluding hydrogens is 344 g/mol. The molecule has 0 atom stereocenters. The average molecular weight is 360 g/mol. The minimum atomic E-state index is -0.241. The van der Waals surface area contributed by atoms with Crippen molar-refractivity contribution in [2.75, 3.05) is 0 Å². The SMILES string of the molecule is Cc1ccc(-c2ccc(-c3ccc(C)cc3)[te]2)cc1. The van der Waals surface area contributed by atoms with Crippen LogP contribution >= 0.6 is 0 Å². The number of hydrogen-bond acceptors (Lipinski definition) is 0. The van der Waals surface area contributed by atoms with Gasteiger partial charge in [0.2, 0.25) is 0 Å². The average Bonchev–Trinajstić information content (AvgIpc) is 2.90. The number of benzene rings is 2. The van der Waals surface area contributed by atoms with E-state index in [9.17, 15) is 0 Å². The van der Waals surface area contributed by atoms with E-state index in [4.69, 9.17) is 0 Å². The molecule has 0 saturated heterocycles. The van der Waals surface area contributed by atoms with Crippen molar-refractivity contribution in [3.05, 3.63) is 71.8 Å². The summed E-state index contributed by atoms with van der Waals surface area (Å²) in [5.74, 6) is 0. The molecule has 0 nitrogen and oxygen atoms in total. The van der Waals surface area contributed by atoms with E-state index in [0.717, 1.165) is 0 Å². The molecule has 3 aromatic rings. The Labute approximate surface area is 124 Å². The molecule has 0 aliphatic rings. The zero-order valence-electron chi connectivity index (χ0n) is 11.2. The summed E-state index contributed by atoms with van der Waals surface area (Å²) in [6.07, 6.45) is 0. The second-order valence-electron chi connectivity index (χ2n) is 4.90. The molecule has 1 heteroatoms. The fourth-order valence-corrected chi connectivity index (χ4v) is 4.99. The van der Waals surface area contributed by atoms with Crippen LogP contribution in [0.2, 0.25) is 0 Å². The summed E-state index contributed by atoms with van der Waals surface area (Å²) >= 11 is -0.241. The Morgan fingerprint density at radius 2 is 0.895 bits per heavy atom. The molecule has 1 aromatic heterocycles. The number of rotatable bonds is 2. The van der Waals surface area contributed by atoms with Crippen LogP contribution in [0.15, 0.2) is 60.7 Å². The third kappa shape index (κ3) is 2.84. The fraction of sp³-hybridized carbons (Fsp3) is 0.111. The van der Waals surface area contributed by atoms with Crippen LogP contribution in [0.1, 0.15) is 11.1 Å². The molecule has 0 amide bonds. The second-order valence-corrected chi connectivity index (χ2v) is 7.99. The van der Waals surface area contributed by atoms with E-state index in [0.29, 0.717) is 0 Å². The molecule has 19 heavy (non-hydrogen) atoms. The molecule has 3 rings (SSSR count). The zero-order chi connectivity index (χ0) is 13.2. The van der Waals surface area contributed by atoms with E-state index < -0.39 is 0 Å². The standard InChI is InChI=1S/C18H16Te/c1-13-3-7-15(8-4-13)17-11-12-18(19-17)16-9-5-14(2)6-10-16/h3-12H,1-2H3. The molecule has 94 valence electrons. The first-order chi connectivity index (χ1) is 9.22. The summed E-state index contributed by atoms with van der Waals surface area (Å²) < 4.78 is 3.09. The van der Waals surface area contributed by atoms with Gasteiger partial charge in [-0.05, 0) is 0 Å². The molecule has 0 N–H and O–H groups in total. The molecule has 0 fully saturated rings. The van der Waals surface area contributed by atoms with E-state index >= 15 is 0 Å². The summed E-state index contributed by atoms with van der Waals surface area (Å²) in [6.45, 7) is 4.28. The quantitative estimate of drug-likeness (QED) is 0.582. The Morgan fingerprint density at radius 1 is 0.526 bits per heavy atom. The van der Waals surface area contributed by atoms with Gasteiger partial charge in [-0.25, -0.2) is 0 Å². The van der Waals surface area contributed by atoms with Gasteiger partial charge in [-0.1, -0.05) is 0 Å². The van der Waals surface area contributed by atoms with Crippen molar-refractivity contribution in [2.24, 2.45) is 0 Å². The molecule has 0 aliphatic heterocycles. The summed E-state index contributed by atoms with van der Waals surface area (Å²) in [6, 6.07) is 22.4. The van der Waals surface area contributed by atoms with Gasteiger partial charge in [-0.3, -0.25) is 0 Å². The van der Waals surface area contributed by atoms with Gasteiger partial charge in [0.25, 0.3) is 0 Å². The van der Waals surface area contributed by atoms with Crippen LogP contribution < -0.4 is 0 Å². The fourth-order valence-electron chi connectivity index (χ4n) is 2.08. The Morgan fingerprint density at radius 3 is 1.26 bits per heavy atom. The first kappa shape index (κ1) is 12.7. The monoisotopic (exact) mass is 362 g/mol. The Bertz CT molecular complexity index is 612. The van der Waals surface area contributed by atoms with Gasteiger partial charge < -0.3 is 0 Å². The number of hydrogen-bond donors (Lipinski definition) is 0. The van der Waals surface area contributed by atoms with Crippen LogP contribution in [0.5, 0.6) is 0 Å². The van der Waals surface area contributed by atoms with Crippen molar-refractivity contribution < 1.29 is 0 Å². The van der Waals surface area contributed by atoms with Crippen molar-refractivity contribution in [1.82, 2.24) is 0 Å². The first-order valence-corrected chi connectivity index (χ1v) is 8.79. The Hall–Kier alpha value is -1.29. The van der Waals surface area contributed by atoms with Crippen LogP contribution in [-0.4, -0.2) is 20.4 Å². The maximum atomic E-state index is 2.31. The molecule has 0 saturated carbocycles. The molecule has 0 spiro atoms. The van der Waals surface area contributed by atoms with Gasteiger partial charge in [0.15, 0.2) is 0 Å². The zero-order valence-corrected chi connectivity index (χ0v) is 13.5. The molecule has 0 radical (unpaired) electrons. The third-order valence-electron chi connectivity index (χ3n) is 3.28. The maximum absolute atomic E-state index is 2.31. The van der Waals surface area contributed by atoms with Crippen LogP contribution in [-0.2, 0) is 0 Å². The van der Waals surface area contributed by atoms with E-state index in [-0.39, 0.29) is 20.4 Å².